The number of carbonyl (C=O) groups excluding carboxylic acids is 1. The average Bonchev–Trinajstić information content (AvgIpc) is 2.95. The van der Waals surface area contributed by atoms with E-state index in [0.717, 1.165) is 12.2 Å². The Kier molecular flexibility index (Phi) is 4.02. The summed E-state index contributed by atoms with van der Waals surface area (Å²) in [6.07, 6.45) is 2.66. The van der Waals surface area contributed by atoms with Crippen LogP contribution < -0.4 is 5.32 Å². The van der Waals surface area contributed by atoms with Gasteiger partial charge < -0.3 is 15.0 Å². The summed E-state index contributed by atoms with van der Waals surface area (Å²) in [5.74, 6) is 1.56. The van der Waals surface area contributed by atoms with Crippen LogP contribution in [0.3, 0.4) is 0 Å². The Labute approximate surface area is 112 Å². The van der Waals surface area contributed by atoms with Crippen molar-refractivity contribution in [1.29, 1.82) is 0 Å². The zero-order valence-corrected chi connectivity index (χ0v) is 11.7. The van der Waals surface area contributed by atoms with Gasteiger partial charge in [0.25, 0.3) is 5.91 Å². The van der Waals surface area contributed by atoms with E-state index < -0.39 is 5.60 Å². The lowest BCUT2D eigenvalue weighted by Crippen LogP contribution is -2.43. The number of rotatable bonds is 4. The summed E-state index contributed by atoms with van der Waals surface area (Å²) in [7, 11) is 0. The van der Waals surface area contributed by atoms with Crippen molar-refractivity contribution in [2.75, 3.05) is 18.1 Å². The molecule has 1 fully saturated rings. The SMILES string of the molecule is CC(C)n1cccc1C(=O)NCC1(O)CCSC1. The number of amides is 1. The molecule has 0 aliphatic carbocycles. The molecule has 1 aromatic heterocycles. The molecule has 0 aromatic carbocycles. The van der Waals surface area contributed by atoms with Crippen LogP contribution in [0.2, 0.25) is 0 Å². The van der Waals surface area contributed by atoms with Crippen molar-refractivity contribution in [3.8, 4) is 0 Å². The van der Waals surface area contributed by atoms with Crippen LogP contribution >= 0.6 is 11.8 Å². The summed E-state index contributed by atoms with van der Waals surface area (Å²) >= 11 is 1.73. The van der Waals surface area contributed by atoms with E-state index in [0.29, 0.717) is 18.0 Å². The van der Waals surface area contributed by atoms with Gasteiger partial charge in [-0.05, 0) is 38.2 Å². The molecule has 1 aromatic rings. The minimum Gasteiger partial charge on any atom is -0.387 e. The van der Waals surface area contributed by atoms with Gasteiger partial charge in [0.1, 0.15) is 5.69 Å². The zero-order valence-electron chi connectivity index (χ0n) is 10.8. The van der Waals surface area contributed by atoms with E-state index in [1.165, 1.54) is 0 Å². The van der Waals surface area contributed by atoms with Crippen LogP contribution in [-0.4, -0.2) is 39.2 Å². The number of carbonyl (C=O) groups is 1. The topological polar surface area (TPSA) is 54.3 Å². The number of hydrogen-bond donors (Lipinski definition) is 2. The van der Waals surface area contributed by atoms with Gasteiger partial charge in [-0.3, -0.25) is 4.79 Å². The molecule has 100 valence electrons. The van der Waals surface area contributed by atoms with Gasteiger partial charge in [0.15, 0.2) is 0 Å². The molecule has 2 N–H and O–H groups in total. The third-order valence-electron chi connectivity index (χ3n) is 3.23. The fraction of sp³-hybridized carbons (Fsp3) is 0.615. The molecule has 0 radical (unpaired) electrons. The molecule has 0 bridgehead atoms. The van der Waals surface area contributed by atoms with E-state index in [1.807, 2.05) is 36.7 Å². The van der Waals surface area contributed by atoms with Crippen LogP contribution in [0.4, 0.5) is 0 Å². The minimum absolute atomic E-state index is 0.112. The van der Waals surface area contributed by atoms with Gasteiger partial charge in [-0.2, -0.15) is 11.8 Å². The first-order chi connectivity index (χ1) is 8.52. The van der Waals surface area contributed by atoms with Gasteiger partial charge in [0, 0.05) is 24.5 Å². The van der Waals surface area contributed by atoms with Crippen LogP contribution in [0.25, 0.3) is 0 Å². The van der Waals surface area contributed by atoms with Gasteiger partial charge in [-0.1, -0.05) is 0 Å². The number of thioether (sulfide) groups is 1. The van der Waals surface area contributed by atoms with Gasteiger partial charge >= 0.3 is 0 Å². The molecular formula is C13H20N2O2S. The summed E-state index contributed by atoms with van der Waals surface area (Å²) in [6, 6.07) is 3.93. The molecule has 4 nitrogen and oxygen atoms in total. The number of aromatic nitrogens is 1. The maximum absolute atomic E-state index is 12.1. The van der Waals surface area contributed by atoms with Gasteiger partial charge in [0.2, 0.25) is 0 Å². The maximum Gasteiger partial charge on any atom is 0.268 e. The Morgan fingerprint density at radius 2 is 2.44 bits per heavy atom. The highest BCUT2D eigenvalue weighted by Gasteiger charge is 2.32. The zero-order chi connectivity index (χ0) is 13.2. The van der Waals surface area contributed by atoms with E-state index in [2.05, 4.69) is 5.32 Å². The van der Waals surface area contributed by atoms with Crippen molar-refractivity contribution in [3.63, 3.8) is 0 Å². The van der Waals surface area contributed by atoms with Crippen LogP contribution in [0, 0.1) is 0 Å². The molecule has 1 aliphatic heterocycles. The molecule has 1 atom stereocenters. The highest BCUT2D eigenvalue weighted by Crippen LogP contribution is 2.27. The third kappa shape index (κ3) is 2.90. The Hall–Kier alpha value is -0.940. The number of nitrogens with one attached hydrogen (secondary N) is 1. The summed E-state index contributed by atoms with van der Waals surface area (Å²) in [5, 5.41) is 13.0. The Morgan fingerprint density at radius 3 is 3.06 bits per heavy atom. The second-order valence-electron chi connectivity index (χ2n) is 5.10. The standard InChI is InChI=1S/C13H20N2O2S/c1-10(2)15-6-3-4-11(15)12(16)14-8-13(17)5-7-18-9-13/h3-4,6,10,17H,5,7-9H2,1-2H3,(H,14,16). The van der Waals surface area contributed by atoms with Crippen LogP contribution in [0.5, 0.6) is 0 Å². The van der Waals surface area contributed by atoms with Gasteiger partial charge in [-0.15, -0.1) is 0 Å². The predicted molar refractivity (Wildman–Crippen MR) is 74.0 cm³/mol. The molecule has 2 heterocycles. The molecule has 1 unspecified atom stereocenters. The fourth-order valence-corrected chi connectivity index (χ4v) is 3.40. The quantitative estimate of drug-likeness (QED) is 0.873. The minimum atomic E-state index is -0.727. The van der Waals surface area contributed by atoms with Crippen LogP contribution in [0.1, 0.15) is 36.8 Å². The maximum atomic E-state index is 12.1. The number of hydrogen-bond acceptors (Lipinski definition) is 3. The van der Waals surface area contributed by atoms with Gasteiger partial charge in [-0.25, -0.2) is 0 Å². The molecule has 0 saturated carbocycles. The van der Waals surface area contributed by atoms with Gasteiger partial charge in [0.05, 0.1) is 5.60 Å². The molecule has 2 rings (SSSR count). The summed E-state index contributed by atoms with van der Waals surface area (Å²) in [5.41, 5.74) is -0.0745. The average molecular weight is 268 g/mol. The highest BCUT2D eigenvalue weighted by atomic mass is 32.2. The molecule has 1 amide bonds. The van der Waals surface area contributed by atoms with Crippen molar-refractivity contribution < 1.29 is 9.90 Å². The monoisotopic (exact) mass is 268 g/mol. The Morgan fingerprint density at radius 1 is 1.67 bits per heavy atom. The van der Waals surface area contributed by atoms with E-state index in [9.17, 15) is 9.90 Å². The van der Waals surface area contributed by atoms with Crippen molar-refractivity contribution >= 4 is 17.7 Å². The Bertz CT molecular complexity index is 422. The lowest BCUT2D eigenvalue weighted by molar-refractivity contribution is 0.0609. The smallest absolute Gasteiger partial charge is 0.268 e. The summed E-state index contributed by atoms with van der Waals surface area (Å²) in [6.45, 7) is 4.41. The van der Waals surface area contributed by atoms with E-state index in [1.54, 1.807) is 11.8 Å². The summed E-state index contributed by atoms with van der Waals surface area (Å²) in [4.78, 5) is 12.1. The highest BCUT2D eigenvalue weighted by molar-refractivity contribution is 7.99. The molecule has 1 aliphatic rings. The fourth-order valence-electron chi connectivity index (χ4n) is 2.11. The third-order valence-corrected chi connectivity index (χ3v) is 4.46. The summed E-state index contributed by atoms with van der Waals surface area (Å²) < 4.78 is 1.93. The number of nitrogens with zero attached hydrogens (tertiary/aromatic N) is 1. The first kappa shape index (κ1) is 13.5. The van der Waals surface area contributed by atoms with E-state index in [-0.39, 0.29) is 11.9 Å². The van der Waals surface area contributed by atoms with Crippen LogP contribution in [-0.2, 0) is 0 Å². The lowest BCUT2D eigenvalue weighted by Gasteiger charge is -2.22. The van der Waals surface area contributed by atoms with Crippen LogP contribution in [0.15, 0.2) is 18.3 Å². The molecular weight excluding hydrogens is 248 g/mol. The molecule has 0 spiro atoms. The van der Waals surface area contributed by atoms with Crippen molar-refractivity contribution in [2.24, 2.45) is 0 Å². The number of aliphatic hydroxyl groups is 1. The molecule has 1 saturated heterocycles. The first-order valence-electron chi connectivity index (χ1n) is 6.27. The van der Waals surface area contributed by atoms with Crippen molar-refractivity contribution in [1.82, 2.24) is 9.88 Å². The van der Waals surface area contributed by atoms with E-state index in [4.69, 9.17) is 0 Å². The second-order valence-corrected chi connectivity index (χ2v) is 6.21. The van der Waals surface area contributed by atoms with E-state index >= 15 is 0 Å². The predicted octanol–water partition coefficient (Wildman–Crippen LogP) is 1.67. The molecule has 18 heavy (non-hydrogen) atoms. The first-order valence-corrected chi connectivity index (χ1v) is 7.42. The van der Waals surface area contributed by atoms with Crippen molar-refractivity contribution in [3.05, 3.63) is 24.0 Å². The van der Waals surface area contributed by atoms with Crippen molar-refractivity contribution in [2.45, 2.75) is 31.9 Å². The Balaban J connectivity index is 1.97. The normalized spacial score (nSPS) is 23.6. The lowest BCUT2D eigenvalue weighted by atomic mass is 10.0. The second kappa shape index (κ2) is 5.36. The largest absolute Gasteiger partial charge is 0.387 e. The molecule has 5 heteroatoms.